The minimum absolute atomic E-state index is 0.0499. The van der Waals surface area contributed by atoms with Crippen molar-refractivity contribution in [3.8, 4) is 11.5 Å². The molecular formula is C24H31N3O5S. The molecule has 3 N–H and O–H groups in total. The molecule has 0 fully saturated rings. The molecule has 2 amide bonds. The average Bonchev–Trinajstić information content (AvgIpc) is 2.80. The normalized spacial score (nSPS) is 10.4. The third-order valence-corrected chi connectivity index (χ3v) is 4.62. The minimum Gasteiger partial charge on any atom is -0.494 e. The van der Waals surface area contributed by atoms with Gasteiger partial charge in [0, 0.05) is 12.2 Å². The van der Waals surface area contributed by atoms with Crippen molar-refractivity contribution in [1.82, 2.24) is 16.2 Å². The maximum absolute atomic E-state index is 12.6. The van der Waals surface area contributed by atoms with E-state index in [-0.39, 0.29) is 5.11 Å². The smallest absolute Gasteiger partial charge is 0.269 e. The van der Waals surface area contributed by atoms with Gasteiger partial charge in [-0.3, -0.25) is 25.8 Å². The summed E-state index contributed by atoms with van der Waals surface area (Å²) in [5, 5.41) is 2.47. The van der Waals surface area contributed by atoms with Crippen LogP contribution in [0.2, 0.25) is 0 Å². The second-order valence-corrected chi connectivity index (χ2v) is 7.87. The number of thiocarbonyl (C=S) groups is 1. The molecule has 8 nitrogen and oxygen atoms in total. The second-order valence-electron chi connectivity index (χ2n) is 7.46. The van der Waals surface area contributed by atoms with E-state index in [2.05, 4.69) is 30.0 Å². The van der Waals surface area contributed by atoms with Gasteiger partial charge in [-0.15, -0.1) is 0 Å². The van der Waals surface area contributed by atoms with Gasteiger partial charge in [0.25, 0.3) is 11.8 Å². The van der Waals surface area contributed by atoms with Crippen molar-refractivity contribution >= 4 is 29.1 Å². The molecule has 0 radical (unpaired) electrons. The second kappa shape index (κ2) is 14.1. The first kappa shape index (κ1) is 26.1. The lowest BCUT2D eigenvalue weighted by Gasteiger charge is -2.13. The lowest BCUT2D eigenvalue weighted by Crippen LogP contribution is -2.48. The van der Waals surface area contributed by atoms with Gasteiger partial charge in [0.1, 0.15) is 18.1 Å². The predicted octanol–water partition coefficient (Wildman–Crippen LogP) is 3.48. The Morgan fingerprint density at radius 3 is 2.33 bits per heavy atom. The Bertz CT molecular complexity index is 919. The minimum atomic E-state index is -0.461. The van der Waals surface area contributed by atoms with Gasteiger partial charge in [-0.1, -0.05) is 26.0 Å². The van der Waals surface area contributed by atoms with Crippen molar-refractivity contribution in [3.63, 3.8) is 0 Å². The highest BCUT2D eigenvalue weighted by atomic mass is 32.1. The first-order valence-corrected chi connectivity index (χ1v) is 11.3. The van der Waals surface area contributed by atoms with E-state index in [1.165, 1.54) is 0 Å². The number of amides is 2. The van der Waals surface area contributed by atoms with Crippen LogP contribution in [0.3, 0.4) is 0 Å². The molecule has 2 aromatic rings. The Hall–Kier alpha value is -3.17. The molecule has 33 heavy (non-hydrogen) atoms. The fourth-order valence-corrected chi connectivity index (χ4v) is 2.78. The Labute approximate surface area is 200 Å². The number of carbonyl (C=O) groups is 2. The molecule has 0 aliphatic heterocycles. The zero-order valence-electron chi connectivity index (χ0n) is 19.2. The highest BCUT2D eigenvalue weighted by Gasteiger charge is 2.14. The van der Waals surface area contributed by atoms with Crippen LogP contribution in [0.25, 0.3) is 0 Å². The summed E-state index contributed by atoms with van der Waals surface area (Å²) in [4.78, 5) is 24.9. The molecule has 0 unspecified atom stereocenters. The summed E-state index contributed by atoms with van der Waals surface area (Å²) in [6.45, 7) is 8.11. The van der Waals surface area contributed by atoms with Crippen molar-refractivity contribution in [2.24, 2.45) is 5.92 Å². The third-order valence-electron chi connectivity index (χ3n) is 4.42. The monoisotopic (exact) mass is 473 g/mol. The van der Waals surface area contributed by atoms with Crippen LogP contribution < -0.4 is 25.6 Å². The van der Waals surface area contributed by atoms with Gasteiger partial charge in [0.05, 0.1) is 18.8 Å². The molecule has 0 aromatic heterocycles. The average molecular weight is 474 g/mol. The number of hydrogen-bond donors (Lipinski definition) is 3. The summed E-state index contributed by atoms with van der Waals surface area (Å²) >= 11 is 5.11. The zero-order valence-corrected chi connectivity index (χ0v) is 20.0. The number of ether oxygens (including phenoxy) is 3. The van der Waals surface area contributed by atoms with Crippen LogP contribution in [-0.4, -0.2) is 43.4 Å². The summed E-state index contributed by atoms with van der Waals surface area (Å²) in [5.41, 5.74) is 5.73. The van der Waals surface area contributed by atoms with Crippen LogP contribution in [0.5, 0.6) is 11.5 Å². The molecule has 0 bridgehead atoms. The summed E-state index contributed by atoms with van der Waals surface area (Å²) < 4.78 is 16.5. The van der Waals surface area contributed by atoms with Crippen molar-refractivity contribution in [1.29, 1.82) is 0 Å². The number of nitrogens with one attached hydrogen (secondary N) is 3. The summed E-state index contributed by atoms with van der Waals surface area (Å²) in [7, 11) is 0. The first-order chi connectivity index (χ1) is 15.9. The van der Waals surface area contributed by atoms with Crippen molar-refractivity contribution in [2.75, 3.05) is 26.4 Å². The largest absolute Gasteiger partial charge is 0.494 e. The Morgan fingerprint density at radius 2 is 1.64 bits per heavy atom. The van der Waals surface area contributed by atoms with E-state index in [1.807, 2.05) is 6.92 Å². The van der Waals surface area contributed by atoms with E-state index in [1.54, 1.807) is 48.5 Å². The van der Waals surface area contributed by atoms with Crippen molar-refractivity contribution in [3.05, 3.63) is 59.7 Å². The van der Waals surface area contributed by atoms with E-state index in [4.69, 9.17) is 26.4 Å². The van der Waals surface area contributed by atoms with Gasteiger partial charge < -0.3 is 14.2 Å². The highest BCUT2D eigenvalue weighted by Crippen LogP contribution is 2.17. The standard InChI is InChI=1S/C24H31N3O5S/c1-4-30-15-16-32-21-8-6-5-7-20(21)23(29)25-24(33)27-26-22(28)18-9-11-19(12-10-18)31-14-13-17(2)3/h5-12,17H,4,13-16H2,1-3H3,(H,26,28)(H2,25,27,29,33). The van der Waals surface area contributed by atoms with Crippen LogP contribution in [0, 0.1) is 5.92 Å². The first-order valence-electron chi connectivity index (χ1n) is 10.8. The Kier molecular flexibility index (Phi) is 11.1. The van der Waals surface area contributed by atoms with Crippen LogP contribution >= 0.6 is 12.2 Å². The number of carbonyl (C=O) groups excluding carboxylic acids is 2. The van der Waals surface area contributed by atoms with Crippen LogP contribution in [-0.2, 0) is 4.74 Å². The van der Waals surface area contributed by atoms with Gasteiger partial charge in [-0.25, -0.2) is 0 Å². The maximum Gasteiger partial charge on any atom is 0.269 e. The molecule has 0 saturated heterocycles. The zero-order chi connectivity index (χ0) is 24.1. The number of hydrazine groups is 1. The molecular weight excluding hydrogens is 442 g/mol. The fourth-order valence-electron chi connectivity index (χ4n) is 2.64. The molecule has 0 aliphatic carbocycles. The van der Waals surface area contributed by atoms with E-state index in [9.17, 15) is 9.59 Å². The van der Waals surface area contributed by atoms with Gasteiger partial charge >= 0.3 is 0 Å². The molecule has 0 aliphatic rings. The van der Waals surface area contributed by atoms with E-state index < -0.39 is 11.8 Å². The van der Waals surface area contributed by atoms with E-state index >= 15 is 0 Å². The number of para-hydroxylation sites is 1. The summed E-state index contributed by atoms with van der Waals surface area (Å²) in [6, 6.07) is 13.6. The SMILES string of the molecule is CCOCCOc1ccccc1C(=O)NC(=S)NNC(=O)c1ccc(OCCC(C)C)cc1. The maximum atomic E-state index is 12.6. The lowest BCUT2D eigenvalue weighted by atomic mass is 10.1. The lowest BCUT2D eigenvalue weighted by molar-refractivity contribution is 0.0930. The van der Waals surface area contributed by atoms with Crippen LogP contribution in [0.15, 0.2) is 48.5 Å². The van der Waals surface area contributed by atoms with Gasteiger partial charge in [-0.05, 0) is 67.9 Å². The number of hydrogen-bond acceptors (Lipinski definition) is 6. The molecule has 0 atom stereocenters. The summed E-state index contributed by atoms with van der Waals surface area (Å²) in [6.07, 6.45) is 0.958. The third kappa shape index (κ3) is 9.46. The van der Waals surface area contributed by atoms with E-state index in [0.29, 0.717) is 55.0 Å². The van der Waals surface area contributed by atoms with Gasteiger partial charge in [0.2, 0.25) is 0 Å². The topological polar surface area (TPSA) is 97.9 Å². The molecule has 0 saturated carbocycles. The molecule has 178 valence electrons. The molecule has 0 heterocycles. The number of benzene rings is 2. The Balaban J connectivity index is 1.81. The molecule has 9 heteroatoms. The highest BCUT2D eigenvalue weighted by molar-refractivity contribution is 7.80. The van der Waals surface area contributed by atoms with Gasteiger partial charge in [0.15, 0.2) is 5.11 Å². The van der Waals surface area contributed by atoms with Crippen molar-refractivity contribution in [2.45, 2.75) is 27.2 Å². The van der Waals surface area contributed by atoms with Gasteiger partial charge in [-0.2, -0.15) is 0 Å². The summed E-state index contributed by atoms with van der Waals surface area (Å²) in [5.74, 6) is 0.811. The Morgan fingerprint density at radius 1 is 0.909 bits per heavy atom. The van der Waals surface area contributed by atoms with Crippen molar-refractivity contribution < 1.29 is 23.8 Å². The van der Waals surface area contributed by atoms with E-state index in [0.717, 1.165) is 6.42 Å². The van der Waals surface area contributed by atoms with Crippen LogP contribution in [0.1, 0.15) is 47.9 Å². The molecule has 2 aromatic carbocycles. The predicted molar refractivity (Wildman–Crippen MR) is 130 cm³/mol. The number of rotatable bonds is 11. The quantitative estimate of drug-likeness (QED) is 0.261. The molecule has 2 rings (SSSR count). The van der Waals surface area contributed by atoms with Crippen LogP contribution in [0.4, 0.5) is 0 Å². The fraction of sp³-hybridized carbons (Fsp3) is 0.375. The molecule has 0 spiro atoms.